The van der Waals surface area contributed by atoms with Crippen molar-refractivity contribution in [3.63, 3.8) is 0 Å². The van der Waals surface area contributed by atoms with Crippen LogP contribution >= 0.6 is 0 Å². The number of hydrogen-bond acceptors (Lipinski definition) is 2. The van der Waals surface area contributed by atoms with Crippen LogP contribution in [0.1, 0.15) is 44.6 Å². The monoisotopic (exact) mass is 436 g/mol. The van der Waals surface area contributed by atoms with Gasteiger partial charge < -0.3 is 4.74 Å². The van der Waals surface area contributed by atoms with Crippen LogP contribution in [-0.4, -0.2) is 5.78 Å². The van der Waals surface area contributed by atoms with Gasteiger partial charge in [-0.15, -0.1) is 0 Å². The van der Waals surface area contributed by atoms with Crippen molar-refractivity contribution >= 4 is 5.78 Å². The molecule has 2 atom stereocenters. The summed E-state index contributed by atoms with van der Waals surface area (Å²) in [5, 5.41) is 0. The number of carbonyl (C=O) groups excluding carboxylic acids is 1. The van der Waals surface area contributed by atoms with Crippen molar-refractivity contribution in [3.8, 4) is 5.75 Å². The number of alkyl halides is 6. The first-order chi connectivity index (χ1) is 14.6. The third-order valence-corrected chi connectivity index (χ3v) is 5.16. The number of ketones is 1. The van der Waals surface area contributed by atoms with Gasteiger partial charge in [-0.3, -0.25) is 4.79 Å². The molecule has 0 saturated carbocycles. The van der Waals surface area contributed by atoms with Crippen LogP contribution in [0, 0.1) is 0 Å². The van der Waals surface area contributed by atoms with Crippen LogP contribution in [0.3, 0.4) is 0 Å². The van der Waals surface area contributed by atoms with E-state index in [4.69, 9.17) is 4.74 Å². The summed E-state index contributed by atoms with van der Waals surface area (Å²) in [7, 11) is 0. The van der Waals surface area contributed by atoms with Gasteiger partial charge in [0, 0.05) is 0 Å². The number of carbonyl (C=O) groups is 1. The molecule has 0 unspecified atom stereocenters. The molecule has 0 aromatic heterocycles. The average molecular weight is 436 g/mol. The molecule has 160 valence electrons. The molecule has 8 heteroatoms. The van der Waals surface area contributed by atoms with E-state index in [0.29, 0.717) is 5.56 Å². The minimum atomic E-state index is -4.54. The summed E-state index contributed by atoms with van der Waals surface area (Å²) >= 11 is 0. The number of benzene rings is 3. The maximum atomic E-state index is 13.2. The number of halogens is 6. The zero-order valence-corrected chi connectivity index (χ0v) is 15.7. The third-order valence-electron chi connectivity index (χ3n) is 5.16. The van der Waals surface area contributed by atoms with Crippen LogP contribution in [-0.2, 0) is 12.4 Å². The maximum Gasteiger partial charge on any atom is 0.416 e. The predicted octanol–water partition coefficient (Wildman–Crippen LogP) is 6.82. The Balaban J connectivity index is 1.78. The van der Waals surface area contributed by atoms with Gasteiger partial charge in [-0.1, -0.05) is 36.4 Å². The van der Waals surface area contributed by atoms with Crippen molar-refractivity contribution in [3.05, 3.63) is 101 Å². The van der Waals surface area contributed by atoms with Gasteiger partial charge >= 0.3 is 12.4 Å². The second kappa shape index (κ2) is 7.44. The van der Waals surface area contributed by atoms with E-state index in [1.165, 1.54) is 30.3 Å². The average Bonchev–Trinajstić information content (AvgIpc) is 2.73. The molecule has 1 aliphatic rings. The minimum absolute atomic E-state index is 0.260. The van der Waals surface area contributed by atoms with Crippen LogP contribution in [0.15, 0.2) is 72.8 Å². The highest BCUT2D eigenvalue weighted by Gasteiger charge is 2.40. The molecule has 1 aliphatic heterocycles. The van der Waals surface area contributed by atoms with Gasteiger partial charge in [0.1, 0.15) is 11.9 Å². The largest absolute Gasteiger partial charge is 0.484 e. The minimum Gasteiger partial charge on any atom is -0.484 e. The van der Waals surface area contributed by atoms with Crippen molar-refractivity contribution in [1.29, 1.82) is 0 Å². The van der Waals surface area contributed by atoms with Gasteiger partial charge in [-0.2, -0.15) is 26.3 Å². The first-order valence-corrected chi connectivity index (χ1v) is 9.20. The molecule has 3 aromatic carbocycles. The molecule has 0 saturated heterocycles. The summed E-state index contributed by atoms with van der Waals surface area (Å²) in [6.45, 7) is 0. The van der Waals surface area contributed by atoms with E-state index in [1.54, 1.807) is 18.2 Å². The lowest BCUT2D eigenvalue weighted by molar-refractivity contribution is -0.138. The lowest BCUT2D eigenvalue weighted by atomic mass is 9.80. The van der Waals surface area contributed by atoms with Crippen molar-refractivity contribution in [1.82, 2.24) is 0 Å². The van der Waals surface area contributed by atoms with Gasteiger partial charge in [-0.05, 0) is 47.5 Å². The van der Waals surface area contributed by atoms with Crippen molar-refractivity contribution in [2.45, 2.75) is 24.4 Å². The van der Waals surface area contributed by atoms with Crippen LogP contribution < -0.4 is 4.74 Å². The molecule has 31 heavy (non-hydrogen) atoms. The topological polar surface area (TPSA) is 26.3 Å². The molecule has 0 fully saturated rings. The fourth-order valence-corrected chi connectivity index (χ4v) is 3.61. The molecule has 0 aliphatic carbocycles. The zero-order valence-electron chi connectivity index (χ0n) is 15.7. The number of ether oxygens (including phenoxy) is 1. The standard InChI is InChI=1S/C23H14F6O2/c24-22(25,26)15-9-5-13(6-10-15)19-20(30)17-3-1-2-4-18(17)31-21(19)14-7-11-16(12-8-14)23(27,28)29/h1-12,19,21H/t19-,21+/m0/s1. The highest BCUT2D eigenvalue weighted by molar-refractivity contribution is 6.04. The Morgan fingerprint density at radius 3 is 1.65 bits per heavy atom. The first-order valence-electron chi connectivity index (χ1n) is 9.20. The van der Waals surface area contributed by atoms with Crippen molar-refractivity contribution < 1.29 is 35.9 Å². The molecule has 0 bridgehead atoms. The molecule has 0 spiro atoms. The normalized spacial score (nSPS) is 19.0. The molecule has 3 aromatic rings. The Kier molecular flexibility index (Phi) is 5.03. The lowest BCUT2D eigenvalue weighted by Gasteiger charge is -2.33. The van der Waals surface area contributed by atoms with Crippen LogP contribution in [0.5, 0.6) is 5.75 Å². The maximum absolute atomic E-state index is 13.2. The summed E-state index contributed by atoms with van der Waals surface area (Å²) in [5.41, 5.74) is -0.884. The van der Waals surface area contributed by atoms with Gasteiger partial charge in [0.2, 0.25) is 0 Å². The van der Waals surface area contributed by atoms with Crippen molar-refractivity contribution in [2.75, 3.05) is 0 Å². The number of rotatable bonds is 2. The van der Waals surface area contributed by atoms with Gasteiger partial charge in [0.25, 0.3) is 0 Å². The summed E-state index contributed by atoms with van der Waals surface area (Å²) in [5.74, 6) is -1.14. The number of para-hydroxylation sites is 1. The van der Waals surface area contributed by atoms with E-state index in [2.05, 4.69) is 0 Å². The fourth-order valence-electron chi connectivity index (χ4n) is 3.61. The molecular formula is C23H14F6O2. The molecule has 4 rings (SSSR count). The van der Waals surface area contributed by atoms with Gasteiger partial charge in [-0.25, -0.2) is 0 Å². The highest BCUT2D eigenvalue weighted by atomic mass is 19.4. The SMILES string of the molecule is O=C1c2ccccc2O[C@H](c2ccc(C(F)(F)F)cc2)[C@H]1c1ccc(C(F)(F)F)cc1. The molecule has 0 N–H and O–H groups in total. The fraction of sp³-hybridized carbons (Fsp3) is 0.174. The lowest BCUT2D eigenvalue weighted by Crippen LogP contribution is -2.30. The Morgan fingerprint density at radius 2 is 1.13 bits per heavy atom. The summed E-state index contributed by atoms with van der Waals surface area (Å²) < 4.78 is 83.5. The van der Waals surface area contributed by atoms with Crippen LogP contribution in [0.4, 0.5) is 26.3 Å². The van der Waals surface area contributed by atoms with E-state index in [9.17, 15) is 31.1 Å². The second-order valence-electron chi connectivity index (χ2n) is 7.12. The zero-order chi connectivity index (χ0) is 22.4. The van der Waals surface area contributed by atoms with Crippen molar-refractivity contribution in [2.24, 2.45) is 0 Å². The number of fused-ring (bicyclic) bond motifs is 1. The van der Waals surface area contributed by atoms with Gasteiger partial charge in [0.15, 0.2) is 5.78 Å². The predicted molar refractivity (Wildman–Crippen MR) is 99.8 cm³/mol. The van der Waals surface area contributed by atoms with E-state index in [0.717, 1.165) is 24.3 Å². The summed E-state index contributed by atoms with van der Waals surface area (Å²) in [6, 6.07) is 14.7. The van der Waals surface area contributed by atoms with E-state index < -0.39 is 35.5 Å². The quantitative estimate of drug-likeness (QED) is 0.412. The number of Topliss-reactive ketones (excluding diaryl/α,β-unsaturated/α-hetero) is 1. The molecule has 1 heterocycles. The highest BCUT2D eigenvalue weighted by Crippen LogP contribution is 2.44. The number of hydrogen-bond donors (Lipinski definition) is 0. The Morgan fingerprint density at radius 1 is 0.645 bits per heavy atom. The van der Waals surface area contributed by atoms with Crippen LogP contribution in [0.25, 0.3) is 0 Å². The first kappa shape index (κ1) is 21.0. The summed E-state index contributed by atoms with van der Waals surface area (Å²) in [6.07, 6.45) is -10.1. The molecular weight excluding hydrogens is 422 g/mol. The Hall–Kier alpha value is -3.29. The smallest absolute Gasteiger partial charge is 0.416 e. The van der Waals surface area contributed by atoms with E-state index in [1.807, 2.05) is 0 Å². The molecule has 2 nitrogen and oxygen atoms in total. The van der Waals surface area contributed by atoms with E-state index in [-0.39, 0.29) is 22.7 Å². The van der Waals surface area contributed by atoms with E-state index >= 15 is 0 Å². The third kappa shape index (κ3) is 4.02. The Bertz CT molecular complexity index is 1100. The molecule has 0 amide bonds. The Labute approximate surface area is 173 Å². The second-order valence-corrected chi connectivity index (χ2v) is 7.12. The molecule has 0 radical (unpaired) electrons. The van der Waals surface area contributed by atoms with Gasteiger partial charge in [0.05, 0.1) is 22.6 Å². The summed E-state index contributed by atoms with van der Waals surface area (Å²) in [4.78, 5) is 13.2. The van der Waals surface area contributed by atoms with Crippen LogP contribution in [0.2, 0.25) is 0 Å².